The number of rotatable bonds is 0. The molecule has 0 aliphatic rings. The van der Waals surface area contributed by atoms with Crippen LogP contribution in [-0.4, -0.2) is 4.98 Å². The van der Waals surface area contributed by atoms with Crippen LogP contribution in [0.3, 0.4) is 0 Å². The molecule has 62 valence electrons. The molecule has 5 heteroatoms. The summed E-state index contributed by atoms with van der Waals surface area (Å²) in [6, 6.07) is 3.12. The highest BCUT2D eigenvalue weighted by molar-refractivity contribution is 14.1. The normalized spacial score (nSPS) is 10.8. The zero-order valence-electron chi connectivity index (χ0n) is 5.84. The lowest BCUT2D eigenvalue weighted by Gasteiger charge is -1.91. The molecule has 2 rings (SSSR count). The number of nitrogens with zero attached hydrogens (tertiary/aromatic N) is 1. The third kappa shape index (κ3) is 1.16. The molecule has 0 spiro atoms. The number of nitrogens with two attached hydrogens (primary N) is 1. The fourth-order valence-electron chi connectivity index (χ4n) is 0.961. The van der Waals surface area contributed by atoms with E-state index in [-0.39, 0.29) is 5.82 Å². The van der Waals surface area contributed by atoms with Crippen molar-refractivity contribution in [2.75, 3.05) is 5.73 Å². The molecule has 2 N–H and O–H groups in total. The largest absolute Gasteiger partial charge is 0.375 e. The molecule has 0 aliphatic carbocycles. The number of thiazole rings is 1. The fourth-order valence-corrected chi connectivity index (χ4v) is 2.48. The van der Waals surface area contributed by atoms with Gasteiger partial charge in [0.2, 0.25) is 0 Å². The van der Waals surface area contributed by atoms with Crippen molar-refractivity contribution in [2.24, 2.45) is 0 Å². The number of fused-ring (bicyclic) bond motifs is 1. The molecule has 0 saturated heterocycles. The second kappa shape index (κ2) is 2.81. The van der Waals surface area contributed by atoms with Crippen molar-refractivity contribution < 1.29 is 4.39 Å². The van der Waals surface area contributed by atoms with Crippen LogP contribution in [-0.2, 0) is 0 Å². The van der Waals surface area contributed by atoms with E-state index in [1.807, 2.05) is 0 Å². The van der Waals surface area contributed by atoms with Crippen LogP contribution in [0, 0.1) is 9.39 Å². The number of halogens is 2. The van der Waals surface area contributed by atoms with Crippen molar-refractivity contribution in [2.45, 2.75) is 0 Å². The molecule has 0 unspecified atom stereocenters. The van der Waals surface area contributed by atoms with Crippen molar-refractivity contribution >= 4 is 49.3 Å². The lowest BCUT2D eigenvalue weighted by molar-refractivity contribution is 0.641. The van der Waals surface area contributed by atoms with Crippen molar-refractivity contribution in [3.63, 3.8) is 0 Å². The zero-order valence-corrected chi connectivity index (χ0v) is 8.82. The molecular formula is C7H4FIN2S. The highest BCUT2D eigenvalue weighted by Crippen LogP contribution is 2.29. The molecular weight excluding hydrogens is 290 g/mol. The van der Waals surface area contributed by atoms with Crippen molar-refractivity contribution in [3.8, 4) is 0 Å². The Kier molecular flexibility index (Phi) is 1.91. The van der Waals surface area contributed by atoms with E-state index < -0.39 is 0 Å². The number of aromatic nitrogens is 1. The van der Waals surface area contributed by atoms with Crippen LogP contribution in [0.4, 0.5) is 9.52 Å². The third-order valence-corrected chi connectivity index (χ3v) is 3.23. The first kappa shape index (κ1) is 8.18. The van der Waals surface area contributed by atoms with Gasteiger partial charge in [-0.2, -0.15) is 0 Å². The summed E-state index contributed by atoms with van der Waals surface area (Å²) < 4.78 is 14.6. The standard InChI is InChI=1S/C7H4FIN2S/c8-3-1-2-4(9)5-6(3)12-7(10)11-5/h1-2H,(H2,10,11). The van der Waals surface area contributed by atoms with Crippen molar-refractivity contribution in [1.82, 2.24) is 4.98 Å². The van der Waals surface area contributed by atoms with E-state index in [2.05, 4.69) is 27.6 Å². The molecule has 1 aromatic carbocycles. The van der Waals surface area contributed by atoms with Gasteiger partial charge in [0.1, 0.15) is 5.82 Å². The Morgan fingerprint density at radius 2 is 2.25 bits per heavy atom. The van der Waals surface area contributed by atoms with Crippen LogP contribution in [0.15, 0.2) is 12.1 Å². The van der Waals surface area contributed by atoms with E-state index in [1.54, 1.807) is 6.07 Å². The van der Waals surface area contributed by atoms with Crippen LogP contribution in [0.2, 0.25) is 0 Å². The number of anilines is 1. The maximum absolute atomic E-state index is 13.1. The monoisotopic (exact) mass is 294 g/mol. The molecule has 1 aromatic heterocycles. The molecule has 0 amide bonds. The molecule has 0 bridgehead atoms. The van der Waals surface area contributed by atoms with Crippen molar-refractivity contribution in [3.05, 3.63) is 21.5 Å². The fraction of sp³-hybridized carbons (Fsp3) is 0. The highest BCUT2D eigenvalue weighted by atomic mass is 127. The molecule has 2 nitrogen and oxygen atoms in total. The lowest BCUT2D eigenvalue weighted by Crippen LogP contribution is -1.81. The predicted octanol–water partition coefficient (Wildman–Crippen LogP) is 2.62. The molecule has 1 heterocycles. The zero-order chi connectivity index (χ0) is 8.72. The van der Waals surface area contributed by atoms with Gasteiger partial charge in [-0.3, -0.25) is 0 Å². The molecule has 0 atom stereocenters. The minimum Gasteiger partial charge on any atom is -0.375 e. The highest BCUT2D eigenvalue weighted by Gasteiger charge is 2.08. The van der Waals surface area contributed by atoms with Gasteiger partial charge in [-0.15, -0.1) is 0 Å². The first-order valence-electron chi connectivity index (χ1n) is 3.18. The second-order valence-corrected chi connectivity index (χ2v) is 4.45. The first-order valence-corrected chi connectivity index (χ1v) is 5.08. The molecule has 0 saturated carbocycles. The third-order valence-electron chi connectivity index (χ3n) is 1.46. The first-order chi connectivity index (χ1) is 5.68. The van der Waals surface area contributed by atoms with Crippen molar-refractivity contribution in [1.29, 1.82) is 0 Å². The summed E-state index contributed by atoms with van der Waals surface area (Å²) in [5, 5.41) is 0.410. The summed E-state index contributed by atoms with van der Waals surface area (Å²) in [6.07, 6.45) is 0. The average Bonchev–Trinajstić information content (AvgIpc) is 2.41. The maximum Gasteiger partial charge on any atom is 0.181 e. The summed E-state index contributed by atoms with van der Waals surface area (Å²) in [4.78, 5) is 4.02. The minimum atomic E-state index is -0.250. The van der Waals surface area contributed by atoms with Gasteiger partial charge < -0.3 is 5.73 Å². The summed E-state index contributed by atoms with van der Waals surface area (Å²) >= 11 is 3.29. The molecule has 0 radical (unpaired) electrons. The number of hydrogen-bond acceptors (Lipinski definition) is 3. The van der Waals surface area contributed by atoms with Gasteiger partial charge in [-0.05, 0) is 34.7 Å². The van der Waals surface area contributed by atoms with Gasteiger partial charge >= 0.3 is 0 Å². The van der Waals surface area contributed by atoms with Gasteiger partial charge in [-0.25, -0.2) is 9.37 Å². The summed E-state index contributed by atoms with van der Waals surface area (Å²) in [6.45, 7) is 0. The Balaban J connectivity index is 2.93. The number of benzene rings is 1. The lowest BCUT2D eigenvalue weighted by atomic mass is 10.3. The van der Waals surface area contributed by atoms with E-state index in [0.717, 1.165) is 3.57 Å². The van der Waals surface area contributed by atoms with E-state index >= 15 is 0 Å². The Morgan fingerprint density at radius 1 is 1.50 bits per heavy atom. The Hall–Kier alpha value is -0.430. The molecule has 12 heavy (non-hydrogen) atoms. The SMILES string of the molecule is Nc1nc2c(I)ccc(F)c2s1. The average molecular weight is 294 g/mol. The predicted molar refractivity (Wildman–Crippen MR) is 56.7 cm³/mol. The summed E-state index contributed by atoms with van der Waals surface area (Å²) in [7, 11) is 0. The van der Waals surface area contributed by atoms with Gasteiger partial charge in [0.15, 0.2) is 5.13 Å². The smallest absolute Gasteiger partial charge is 0.181 e. The Labute approximate surface area is 85.7 Å². The molecule has 0 fully saturated rings. The van der Waals surface area contributed by atoms with Gasteiger partial charge in [-0.1, -0.05) is 11.3 Å². The van der Waals surface area contributed by atoms with Gasteiger partial charge in [0.05, 0.1) is 10.2 Å². The van der Waals surface area contributed by atoms with E-state index in [4.69, 9.17) is 5.73 Å². The van der Waals surface area contributed by atoms with E-state index in [1.165, 1.54) is 17.4 Å². The van der Waals surface area contributed by atoms with E-state index in [9.17, 15) is 4.39 Å². The topological polar surface area (TPSA) is 38.9 Å². The van der Waals surface area contributed by atoms with Crippen LogP contribution in [0.5, 0.6) is 0 Å². The van der Waals surface area contributed by atoms with E-state index in [0.29, 0.717) is 15.3 Å². The Bertz CT molecular complexity index is 401. The minimum absolute atomic E-state index is 0.250. The van der Waals surface area contributed by atoms with Crippen LogP contribution >= 0.6 is 33.9 Å². The quantitative estimate of drug-likeness (QED) is 0.759. The maximum atomic E-state index is 13.1. The Morgan fingerprint density at radius 3 is 2.92 bits per heavy atom. The molecule has 2 aromatic rings. The number of nitrogen functional groups attached to an aromatic ring is 1. The van der Waals surface area contributed by atoms with Crippen LogP contribution in [0.1, 0.15) is 0 Å². The summed E-state index contributed by atoms with van der Waals surface area (Å²) in [5.41, 5.74) is 6.13. The van der Waals surface area contributed by atoms with Crippen LogP contribution in [0.25, 0.3) is 10.2 Å². The van der Waals surface area contributed by atoms with Gasteiger partial charge in [0, 0.05) is 3.57 Å². The van der Waals surface area contributed by atoms with Gasteiger partial charge in [0.25, 0.3) is 0 Å². The molecule has 0 aliphatic heterocycles. The summed E-state index contributed by atoms with van der Waals surface area (Å²) in [5.74, 6) is -0.250. The second-order valence-electron chi connectivity index (χ2n) is 2.26. The number of hydrogen-bond donors (Lipinski definition) is 1. The van der Waals surface area contributed by atoms with Crippen LogP contribution < -0.4 is 5.73 Å².